The average molecular weight is 316 g/mol. The first-order chi connectivity index (χ1) is 10.1. The number of phenols is 1. The summed E-state index contributed by atoms with van der Waals surface area (Å²) in [6.45, 7) is 0. The molecule has 0 aliphatic heterocycles. The molecule has 0 bridgehead atoms. The van der Waals surface area contributed by atoms with E-state index in [-0.39, 0.29) is 5.75 Å². The molecule has 0 amide bonds. The van der Waals surface area contributed by atoms with E-state index >= 15 is 0 Å². The molecule has 3 rings (SSSR count). The average Bonchev–Trinajstić information content (AvgIpc) is 2.49. The highest BCUT2D eigenvalue weighted by Gasteiger charge is 2.03. The van der Waals surface area contributed by atoms with Crippen molar-refractivity contribution in [2.75, 3.05) is 0 Å². The third-order valence-corrected chi connectivity index (χ3v) is 3.97. The van der Waals surface area contributed by atoms with E-state index in [1.807, 2.05) is 42.5 Å². The van der Waals surface area contributed by atoms with Gasteiger partial charge in [-0.25, -0.2) is 4.98 Å². The predicted octanol–water partition coefficient (Wildman–Crippen LogP) is 5.42. The van der Waals surface area contributed by atoms with Crippen LogP contribution in [-0.4, -0.2) is 10.1 Å². The maximum Gasteiger partial charge on any atom is 0.141 e. The Kier molecular flexibility index (Phi) is 3.82. The topological polar surface area (TPSA) is 33.1 Å². The molecule has 1 heterocycles. The van der Waals surface area contributed by atoms with Crippen LogP contribution >= 0.6 is 23.2 Å². The van der Waals surface area contributed by atoms with Gasteiger partial charge in [-0.1, -0.05) is 59.6 Å². The first-order valence-corrected chi connectivity index (χ1v) is 7.11. The summed E-state index contributed by atoms with van der Waals surface area (Å²) < 4.78 is 0. The van der Waals surface area contributed by atoms with E-state index in [2.05, 4.69) is 4.98 Å². The van der Waals surface area contributed by atoms with Crippen molar-refractivity contribution in [1.82, 2.24) is 4.98 Å². The minimum absolute atomic E-state index is 0.170. The Balaban J connectivity index is 2.00. The van der Waals surface area contributed by atoms with Gasteiger partial charge in [0.05, 0.1) is 15.7 Å². The van der Waals surface area contributed by atoms with Crippen molar-refractivity contribution in [3.63, 3.8) is 0 Å². The highest BCUT2D eigenvalue weighted by atomic mass is 35.5. The Morgan fingerprint density at radius 1 is 0.905 bits per heavy atom. The highest BCUT2D eigenvalue weighted by molar-refractivity contribution is 6.42. The van der Waals surface area contributed by atoms with Crippen LogP contribution in [0.15, 0.2) is 48.5 Å². The number of aromatic nitrogens is 1. The lowest BCUT2D eigenvalue weighted by Crippen LogP contribution is -1.84. The Labute approximate surface area is 132 Å². The van der Waals surface area contributed by atoms with Crippen LogP contribution in [0.5, 0.6) is 5.75 Å². The Bertz CT molecular complexity index is 843. The lowest BCUT2D eigenvalue weighted by atomic mass is 10.1. The van der Waals surface area contributed by atoms with Gasteiger partial charge >= 0.3 is 0 Å². The van der Waals surface area contributed by atoms with Gasteiger partial charge in [0.1, 0.15) is 11.3 Å². The molecule has 0 fully saturated rings. The largest absolute Gasteiger partial charge is 0.506 e. The quantitative estimate of drug-likeness (QED) is 0.685. The fraction of sp³-hybridized carbons (Fsp3) is 0. The van der Waals surface area contributed by atoms with E-state index in [1.165, 1.54) is 0 Å². The SMILES string of the molecule is Oc1cccc2ccc(C=Cc3cccc(Cl)c3Cl)nc12. The highest BCUT2D eigenvalue weighted by Crippen LogP contribution is 2.27. The molecular formula is C17H11Cl2NO. The van der Waals surface area contributed by atoms with Gasteiger partial charge in [0, 0.05) is 5.39 Å². The van der Waals surface area contributed by atoms with Crippen LogP contribution in [0.25, 0.3) is 23.1 Å². The second-order valence-electron chi connectivity index (χ2n) is 4.56. The predicted molar refractivity (Wildman–Crippen MR) is 88.8 cm³/mol. The minimum Gasteiger partial charge on any atom is -0.506 e. The summed E-state index contributed by atoms with van der Waals surface area (Å²) in [5, 5.41) is 11.8. The molecule has 4 heteroatoms. The molecule has 104 valence electrons. The minimum atomic E-state index is 0.170. The number of benzene rings is 2. The van der Waals surface area contributed by atoms with Crippen LogP contribution < -0.4 is 0 Å². The maximum absolute atomic E-state index is 9.84. The van der Waals surface area contributed by atoms with Gasteiger partial charge in [0.2, 0.25) is 0 Å². The zero-order valence-electron chi connectivity index (χ0n) is 10.9. The Hall–Kier alpha value is -2.03. The first kappa shape index (κ1) is 13.9. The number of hydrogen-bond donors (Lipinski definition) is 1. The van der Waals surface area contributed by atoms with E-state index in [0.29, 0.717) is 15.6 Å². The molecule has 0 unspecified atom stereocenters. The zero-order valence-corrected chi connectivity index (χ0v) is 12.4. The Morgan fingerprint density at radius 2 is 1.71 bits per heavy atom. The second-order valence-corrected chi connectivity index (χ2v) is 5.35. The lowest BCUT2D eigenvalue weighted by Gasteiger charge is -2.02. The van der Waals surface area contributed by atoms with Gasteiger partial charge in [0.15, 0.2) is 0 Å². The molecular weight excluding hydrogens is 305 g/mol. The molecule has 0 saturated carbocycles. The van der Waals surface area contributed by atoms with Crippen LogP contribution in [0.2, 0.25) is 10.0 Å². The summed E-state index contributed by atoms with van der Waals surface area (Å²) in [5.74, 6) is 0.170. The number of phenolic OH excluding ortho intramolecular Hbond substituents is 1. The molecule has 21 heavy (non-hydrogen) atoms. The molecule has 0 aliphatic carbocycles. The van der Waals surface area contributed by atoms with Crippen LogP contribution in [0.3, 0.4) is 0 Å². The smallest absolute Gasteiger partial charge is 0.141 e. The van der Waals surface area contributed by atoms with Gasteiger partial charge in [-0.2, -0.15) is 0 Å². The summed E-state index contributed by atoms with van der Waals surface area (Å²) in [4.78, 5) is 4.43. The van der Waals surface area contributed by atoms with Gasteiger partial charge in [0.25, 0.3) is 0 Å². The molecule has 0 spiro atoms. The van der Waals surface area contributed by atoms with Crippen molar-refractivity contribution in [3.8, 4) is 5.75 Å². The molecule has 0 saturated heterocycles. The second kappa shape index (κ2) is 5.76. The van der Waals surface area contributed by atoms with Crippen LogP contribution in [-0.2, 0) is 0 Å². The fourth-order valence-electron chi connectivity index (χ4n) is 2.06. The van der Waals surface area contributed by atoms with Gasteiger partial charge in [-0.15, -0.1) is 0 Å². The van der Waals surface area contributed by atoms with Crippen molar-refractivity contribution in [3.05, 3.63) is 69.8 Å². The molecule has 2 nitrogen and oxygen atoms in total. The van der Waals surface area contributed by atoms with Gasteiger partial charge in [-0.05, 0) is 29.8 Å². The maximum atomic E-state index is 9.84. The standard InChI is InChI=1S/C17H11Cl2NO/c18-14-5-1-3-11(16(14)19)7-9-13-10-8-12-4-2-6-15(21)17(12)20-13/h1-10,21H. The molecule has 3 aromatic rings. The first-order valence-electron chi connectivity index (χ1n) is 6.36. The number of rotatable bonds is 2. The van der Waals surface area contributed by atoms with Crippen molar-refractivity contribution in [1.29, 1.82) is 0 Å². The van der Waals surface area contributed by atoms with E-state index in [9.17, 15) is 5.11 Å². The summed E-state index contributed by atoms with van der Waals surface area (Å²) >= 11 is 12.1. The van der Waals surface area contributed by atoms with Crippen molar-refractivity contribution >= 4 is 46.3 Å². The van der Waals surface area contributed by atoms with Crippen molar-refractivity contribution < 1.29 is 5.11 Å². The number of para-hydroxylation sites is 1. The molecule has 1 N–H and O–H groups in total. The van der Waals surface area contributed by atoms with E-state index in [1.54, 1.807) is 18.2 Å². The normalized spacial score (nSPS) is 11.3. The molecule has 2 aromatic carbocycles. The zero-order chi connectivity index (χ0) is 14.8. The number of fused-ring (bicyclic) bond motifs is 1. The van der Waals surface area contributed by atoms with E-state index in [4.69, 9.17) is 23.2 Å². The van der Waals surface area contributed by atoms with Crippen molar-refractivity contribution in [2.24, 2.45) is 0 Å². The number of nitrogens with zero attached hydrogens (tertiary/aromatic N) is 1. The molecule has 1 aromatic heterocycles. The summed E-state index contributed by atoms with van der Waals surface area (Å²) in [7, 11) is 0. The number of halogens is 2. The van der Waals surface area contributed by atoms with Crippen LogP contribution in [0.4, 0.5) is 0 Å². The van der Waals surface area contributed by atoms with Gasteiger partial charge in [-0.3, -0.25) is 0 Å². The summed E-state index contributed by atoms with van der Waals surface area (Å²) in [6.07, 6.45) is 3.69. The van der Waals surface area contributed by atoms with E-state index < -0.39 is 0 Å². The van der Waals surface area contributed by atoms with Crippen LogP contribution in [0.1, 0.15) is 11.3 Å². The lowest BCUT2D eigenvalue weighted by molar-refractivity contribution is 0.480. The van der Waals surface area contributed by atoms with Crippen LogP contribution in [0, 0.1) is 0 Å². The molecule has 0 atom stereocenters. The third-order valence-electron chi connectivity index (χ3n) is 3.14. The summed E-state index contributed by atoms with van der Waals surface area (Å²) in [6, 6.07) is 14.6. The monoisotopic (exact) mass is 315 g/mol. The number of pyridine rings is 1. The molecule has 0 aliphatic rings. The number of hydrogen-bond acceptors (Lipinski definition) is 2. The van der Waals surface area contributed by atoms with Gasteiger partial charge < -0.3 is 5.11 Å². The number of aromatic hydroxyl groups is 1. The van der Waals surface area contributed by atoms with E-state index in [0.717, 1.165) is 16.6 Å². The van der Waals surface area contributed by atoms with Crippen molar-refractivity contribution in [2.45, 2.75) is 0 Å². The fourth-order valence-corrected chi connectivity index (χ4v) is 2.43. The summed E-state index contributed by atoms with van der Waals surface area (Å²) in [5.41, 5.74) is 2.14. The Morgan fingerprint density at radius 3 is 2.57 bits per heavy atom. The third kappa shape index (κ3) is 2.87. The molecule has 0 radical (unpaired) electrons.